The van der Waals surface area contributed by atoms with Gasteiger partial charge in [-0.3, -0.25) is 0 Å². The summed E-state index contributed by atoms with van der Waals surface area (Å²) in [7, 11) is 0. The van der Waals surface area contributed by atoms with E-state index in [1.807, 2.05) is 12.1 Å². The number of allylic oxidation sites excluding steroid dienone is 1. The third-order valence-electron chi connectivity index (χ3n) is 1.22. The van der Waals surface area contributed by atoms with Crippen LogP contribution in [0.3, 0.4) is 0 Å². The van der Waals surface area contributed by atoms with Crippen LogP contribution in [0.25, 0.3) is 0 Å². The van der Waals surface area contributed by atoms with Gasteiger partial charge in [0.1, 0.15) is 0 Å². The average Bonchev–Trinajstić information content (AvgIpc) is 2.31. The maximum atomic E-state index is 5.73. The molecule has 1 rings (SSSR count). The normalized spacial score (nSPS) is 9.70. The summed E-state index contributed by atoms with van der Waals surface area (Å²) in [5, 5.41) is 0. The van der Waals surface area contributed by atoms with Crippen LogP contribution in [-0.4, -0.2) is 0 Å². The van der Waals surface area contributed by atoms with Crippen LogP contribution in [0.1, 0.15) is 11.3 Å². The van der Waals surface area contributed by atoms with Crippen molar-refractivity contribution in [1.82, 2.24) is 0 Å². The molecule has 0 aliphatic rings. The minimum absolute atomic E-state index is 0.874. The summed E-state index contributed by atoms with van der Waals surface area (Å²) in [5.41, 5.74) is 0. The van der Waals surface area contributed by atoms with Gasteiger partial charge in [-0.25, -0.2) is 0 Å². The molecule has 10 heavy (non-hydrogen) atoms. The summed E-state index contributed by atoms with van der Waals surface area (Å²) in [4.78, 5) is 1.34. The fourth-order valence-corrected chi connectivity index (χ4v) is 1.83. The summed E-state index contributed by atoms with van der Waals surface area (Å²) < 4.78 is 0.874. The minimum atomic E-state index is 0.874. The molecule has 1 heterocycles. The van der Waals surface area contributed by atoms with Gasteiger partial charge >= 0.3 is 0 Å². The predicted octanol–water partition coefficient (Wildman–Crippen LogP) is 3.52. The number of thiophene rings is 1. The van der Waals surface area contributed by atoms with E-state index in [0.717, 1.165) is 17.2 Å². The van der Waals surface area contributed by atoms with Crippen molar-refractivity contribution >= 4 is 22.9 Å². The average molecular weight is 173 g/mol. The molecule has 1 aromatic heterocycles. The first kappa shape index (κ1) is 7.83. The first-order valence-corrected chi connectivity index (χ1v) is 4.37. The van der Waals surface area contributed by atoms with Gasteiger partial charge in [-0.15, -0.1) is 17.9 Å². The van der Waals surface area contributed by atoms with Gasteiger partial charge in [-0.1, -0.05) is 17.7 Å². The Bertz CT molecular complexity index is 215. The predicted molar refractivity (Wildman–Crippen MR) is 47.8 cm³/mol. The van der Waals surface area contributed by atoms with E-state index in [0.29, 0.717) is 0 Å². The Morgan fingerprint density at radius 2 is 2.40 bits per heavy atom. The fourth-order valence-electron chi connectivity index (χ4n) is 0.730. The molecule has 0 atom stereocenters. The van der Waals surface area contributed by atoms with Crippen molar-refractivity contribution in [3.05, 3.63) is 34.0 Å². The lowest BCUT2D eigenvalue weighted by Crippen LogP contribution is -1.73. The molecule has 0 aliphatic heterocycles. The zero-order valence-electron chi connectivity index (χ0n) is 5.64. The number of aryl methyl sites for hydroxylation is 1. The van der Waals surface area contributed by atoms with E-state index in [-0.39, 0.29) is 0 Å². The molecule has 0 unspecified atom stereocenters. The van der Waals surface area contributed by atoms with Crippen LogP contribution >= 0.6 is 22.9 Å². The highest BCUT2D eigenvalue weighted by atomic mass is 35.5. The van der Waals surface area contributed by atoms with E-state index in [9.17, 15) is 0 Å². The van der Waals surface area contributed by atoms with Gasteiger partial charge in [0.05, 0.1) is 4.34 Å². The first-order valence-electron chi connectivity index (χ1n) is 3.18. The second kappa shape index (κ2) is 3.79. The molecule has 0 N–H and O–H groups in total. The molecule has 0 bridgehead atoms. The summed E-state index contributed by atoms with van der Waals surface area (Å²) in [6, 6.07) is 4.00. The molecule has 1 aromatic rings. The van der Waals surface area contributed by atoms with Crippen LogP contribution in [0, 0.1) is 0 Å². The zero-order chi connectivity index (χ0) is 7.40. The van der Waals surface area contributed by atoms with Crippen molar-refractivity contribution in [2.45, 2.75) is 12.8 Å². The second-order valence-electron chi connectivity index (χ2n) is 2.03. The lowest BCUT2D eigenvalue weighted by Gasteiger charge is -1.87. The van der Waals surface area contributed by atoms with Gasteiger partial charge in [0.25, 0.3) is 0 Å². The Kier molecular flexibility index (Phi) is 2.97. The third kappa shape index (κ3) is 2.16. The maximum absolute atomic E-state index is 5.73. The van der Waals surface area contributed by atoms with Crippen molar-refractivity contribution in [3.63, 3.8) is 0 Å². The van der Waals surface area contributed by atoms with Crippen LogP contribution in [0.4, 0.5) is 0 Å². The zero-order valence-corrected chi connectivity index (χ0v) is 7.21. The van der Waals surface area contributed by atoms with Gasteiger partial charge in [0.15, 0.2) is 0 Å². The van der Waals surface area contributed by atoms with Gasteiger partial charge < -0.3 is 0 Å². The highest BCUT2D eigenvalue weighted by Crippen LogP contribution is 2.22. The molecular formula is C8H9ClS. The molecule has 0 saturated carbocycles. The summed E-state index contributed by atoms with van der Waals surface area (Å²) in [6.45, 7) is 3.65. The van der Waals surface area contributed by atoms with Gasteiger partial charge in [-0.05, 0) is 25.0 Å². The quantitative estimate of drug-likeness (QED) is 0.612. The molecule has 0 nitrogen and oxygen atoms in total. The second-order valence-corrected chi connectivity index (χ2v) is 3.83. The fraction of sp³-hybridized carbons (Fsp3) is 0.250. The van der Waals surface area contributed by atoms with Crippen molar-refractivity contribution in [1.29, 1.82) is 0 Å². The van der Waals surface area contributed by atoms with Crippen LogP contribution in [0.5, 0.6) is 0 Å². The highest BCUT2D eigenvalue weighted by Gasteiger charge is 1.94. The lowest BCUT2D eigenvalue weighted by molar-refractivity contribution is 1.03. The molecule has 0 aromatic carbocycles. The van der Waals surface area contributed by atoms with Crippen LogP contribution < -0.4 is 0 Å². The van der Waals surface area contributed by atoms with Crippen LogP contribution in [-0.2, 0) is 6.42 Å². The van der Waals surface area contributed by atoms with Gasteiger partial charge in [-0.2, -0.15) is 0 Å². The Balaban J connectivity index is 2.49. The Morgan fingerprint density at radius 1 is 1.60 bits per heavy atom. The molecule has 0 amide bonds. The summed E-state index contributed by atoms with van der Waals surface area (Å²) in [5.74, 6) is 0. The smallest absolute Gasteiger partial charge is 0.0931 e. The number of hydrogen-bond donors (Lipinski definition) is 0. The van der Waals surface area contributed by atoms with E-state index in [1.165, 1.54) is 4.88 Å². The van der Waals surface area contributed by atoms with Gasteiger partial charge in [0, 0.05) is 4.88 Å². The lowest BCUT2D eigenvalue weighted by atomic mass is 10.3. The van der Waals surface area contributed by atoms with Crippen molar-refractivity contribution in [2.75, 3.05) is 0 Å². The Labute approximate surface area is 70.1 Å². The van der Waals surface area contributed by atoms with Crippen LogP contribution in [0.15, 0.2) is 24.8 Å². The largest absolute Gasteiger partial charge is 0.128 e. The first-order chi connectivity index (χ1) is 4.83. The topological polar surface area (TPSA) is 0 Å². The minimum Gasteiger partial charge on any atom is -0.128 e. The van der Waals surface area contributed by atoms with Crippen LogP contribution in [0.2, 0.25) is 4.34 Å². The van der Waals surface area contributed by atoms with E-state index >= 15 is 0 Å². The monoisotopic (exact) mass is 172 g/mol. The van der Waals surface area contributed by atoms with E-state index in [1.54, 1.807) is 11.3 Å². The number of halogens is 1. The van der Waals surface area contributed by atoms with Crippen molar-refractivity contribution in [2.24, 2.45) is 0 Å². The maximum Gasteiger partial charge on any atom is 0.0931 e. The van der Waals surface area contributed by atoms with E-state index < -0.39 is 0 Å². The molecule has 54 valence electrons. The molecule has 0 fully saturated rings. The van der Waals surface area contributed by atoms with Crippen molar-refractivity contribution < 1.29 is 0 Å². The third-order valence-corrected chi connectivity index (χ3v) is 2.51. The molecule has 0 saturated heterocycles. The number of hydrogen-bond acceptors (Lipinski definition) is 1. The molecule has 0 aliphatic carbocycles. The van der Waals surface area contributed by atoms with Crippen molar-refractivity contribution in [3.8, 4) is 0 Å². The Hall–Kier alpha value is -0.270. The molecular weight excluding hydrogens is 164 g/mol. The highest BCUT2D eigenvalue weighted by molar-refractivity contribution is 7.16. The van der Waals surface area contributed by atoms with E-state index in [4.69, 9.17) is 11.6 Å². The number of rotatable bonds is 3. The SMILES string of the molecule is C=CCCc1ccc(Cl)s1. The van der Waals surface area contributed by atoms with Gasteiger partial charge in [0.2, 0.25) is 0 Å². The standard InChI is InChI=1S/C8H9ClS/c1-2-3-4-7-5-6-8(9)10-7/h2,5-6H,1,3-4H2. The molecule has 0 spiro atoms. The Morgan fingerprint density at radius 3 is 2.90 bits per heavy atom. The summed E-state index contributed by atoms with van der Waals surface area (Å²) >= 11 is 7.38. The molecule has 2 heteroatoms. The van der Waals surface area contributed by atoms with E-state index in [2.05, 4.69) is 12.6 Å². The molecule has 0 radical (unpaired) electrons. The summed E-state index contributed by atoms with van der Waals surface area (Å²) in [6.07, 6.45) is 4.03.